The van der Waals surface area contributed by atoms with Crippen LogP contribution in [-0.4, -0.2) is 21.5 Å². The highest BCUT2D eigenvalue weighted by atomic mass is 79.9. The van der Waals surface area contributed by atoms with Crippen molar-refractivity contribution in [2.45, 2.75) is 18.2 Å². The molecule has 0 aliphatic rings. The number of nitrogens with two attached hydrogens (primary N) is 1. The molecule has 0 atom stereocenters. The average molecular weight is 344 g/mol. The Kier molecular flexibility index (Phi) is 7.27. The summed E-state index contributed by atoms with van der Waals surface area (Å²) in [5.74, 6) is 0. The predicted octanol–water partition coefficient (Wildman–Crippen LogP) is 1.81. The molecule has 7 heteroatoms. The molecule has 4 nitrogen and oxygen atoms in total. The molecule has 0 aliphatic heterocycles. The molecule has 1 aromatic rings. The molecule has 98 valence electrons. The lowest BCUT2D eigenvalue weighted by molar-refractivity contribution is 0.579. The maximum atomic E-state index is 11.8. The third-order valence-electron chi connectivity index (χ3n) is 2.00. The third kappa shape index (κ3) is 5.35. The number of sulfonamides is 1. The van der Waals surface area contributed by atoms with E-state index in [2.05, 4.69) is 20.7 Å². The van der Waals surface area contributed by atoms with Crippen molar-refractivity contribution in [2.75, 3.05) is 13.1 Å². The minimum Gasteiger partial charge on any atom is -0.330 e. The number of rotatable bonds is 5. The number of aryl methyl sites for hydroxylation is 1. The summed E-state index contributed by atoms with van der Waals surface area (Å²) in [4.78, 5) is 0.274. The van der Waals surface area contributed by atoms with E-state index in [1.54, 1.807) is 12.1 Å². The van der Waals surface area contributed by atoms with Gasteiger partial charge in [-0.3, -0.25) is 0 Å². The lowest BCUT2D eigenvalue weighted by Crippen LogP contribution is -2.26. The Hall–Kier alpha value is -0.140. The van der Waals surface area contributed by atoms with Gasteiger partial charge in [0, 0.05) is 11.0 Å². The second kappa shape index (κ2) is 7.33. The molecule has 0 saturated carbocycles. The molecular weight excluding hydrogens is 328 g/mol. The minimum absolute atomic E-state index is 0. The largest absolute Gasteiger partial charge is 0.330 e. The van der Waals surface area contributed by atoms with Gasteiger partial charge >= 0.3 is 0 Å². The first kappa shape index (κ1) is 16.9. The van der Waals surface area contributed by atoms with Gasteiger partial charge in [0.25, 0.3) is 0 Å². The van der Waals surface area contributed by atoms with Gasteiger partial charge in [-0.25, -0.2) is 13.1 Å². The lowest BCUT2D eigenvalue weighted by Gasteiger charge is -2.07. The quantitative estimate of drug-likeness (QED) is 0.801. The van der Waals surface area contributed by atoms with E-state index in [4.69, 9.17) is 5.73 Å². The Morgan fingerprint density at radius 1 is 1.35 bits per heavy atom. The van der Waals surface area contributed by atoms with Gasteiger partial charge in [-0.2, -0.15) is 0 Å². The normalized spacial score (nSPS) is 11.0. The molecule has 0 radical (unpaired) electrons. The summed E-state index contributed by atoms with van der Waals surface area (Å²) in [5.41, 5.74) is 6.20. The molecule has 0 bridgehead atoms. The van der Waals surface area contributed by atoms with Crippen LogP contribution < -0.4 is 10.5 Å². The standard InChI is InChI=1S/C10H15BrN2O2S.ClH/c1-8-5-9(11)7-10(6-8)16(14,15)13-4-2-3-12;/h5-7,13H,2-4,12H2,1H3;1H. The summed E-state index contributed by atoms with van der Waals surface area (Å²) in [6.45, 7) is 2.69. The van der Waals surface area contributed by atoms with Crippen molar-refractivity contribution in [3.8, 4) is 0 Å². The van der Waals surface area contributed by atoms with Crippen LogP contribution in [-0.2, 0) is 10.0 Å². The van der Waals surface area contributed by atoms with Gasteiger partial charge < -0.3 is 5.73 Å². The zero-order valence-corrected chi connectivity index (χ0v) is 12.7. The first-order chi connectivity index (χ1) is 7.45. The molecule has 0 amide bonds. The van der Waals surface area contributed by atoms with Crippen LogP contribution in [0.4, 0.5) is 0 Å². The lowest BCUT2D eigenvalue weighted by atomic mass is 10.2. The fraction of sp³-hybridized carbons (Fsp3) is 0.400. The number of benzene rings is 1. The third-order valence-corrected chi connectivity index (χ3v) is 3.90. The van der Waals surface area contributed by atoms with Crippen LogP contribution in [0.15, 0.2) is 27.6 Å². The molecule has 0 fully saturated rings. The summed E-state index contributed by atoms with van der Waals surface area (Å²) in [6, 6.07) is 5.08. The van der Waals surface area contributed by atoms with E-state index in [0.717, 1.165) is 10.0 Å². The van der Waals surface area contributed by atoms with E-state index in [1.807, 2.05) is 13.0 Å². The number of nitrogens with one attached hydrogen (secondary N) is 1. The van der Waals surface area contributed by atoms with E-state index < -0.39 is 10.0 Å². The Morgan fingerprint density at radius 2 is 2.00 bits per heavy atom. The maximum Gasteiger partial charge on any atom is 0.240 e. The SMILES string of the molecule is Cc1cc(Br)cc(S(=O)(=O)NCCCN)c1.Cl. The van der Waals surface area contributed by atoms with Gasteiger partial charge in [0.15, 0.2) is 0 Å². The van der Waals surface area contributed by atoms with Crippen LogP contribution in [0.2, 0.25) is 0 Å². The first-order valence-electron chi connectivity index (χ1n) is 4.92. The zero-order valence-electron chi connectivity index (χ0n) is 9.44. The molecule has 0 aliphatic carbocycles. The molecule has 1 rings (SSSR count). The van der Waals surface area contributed by atoms with Crippen molar-refractivity contribution in [3.63, 3.8) is 0 Å². The zero-order chi connectivity index (χ0) is 12.2. The molecule has 0 unspecified atom stereocenters. The van der Waals surface area contributed by atoms with Crippen LogP contribution in [0, 0.1) is 6.92 Å². The van der Waals surface area contributed by atoms with Gasteiger partial charge in [-0.05, 0) is 43.7 Å². The van der Waals surface area contributed by atoms with Crippen LogP contribution in [0.25, 0.3) is 0 Å². The van der Waals surface area contributed by atoms with Gasteiger partial charge in [-0.15, -0.1) is 12.4 Å². The molecule has 0 spiro atoms. The topological polar surface area (TPSA) is 72.2 Å². The first-order valence-corrected chi connectivity index (χ1v) is 7.20. The van der Waals surface area contributed by atoms with E-state index >= 15 is 0 Å². The van der Waals surface area contributed by atoms with Crippen molar-refractivity contribution >= 4 is 38.4 Å². The fourth-order valence-electron chi connectivity index (χ4n) is 1.25. The van der Waals surface area contributed by atoms with E-state index in [0.29, 0.717) is 19.5 Å². The highest BCUT2D eigenvalue weighted by molar-refractivity contribution is 9.10. The Bertz CT molecular complexity index is 445. The Morgan fingerprint density at radius 3 is 2.53 bits per heavy atom. The van der Waals surface area contributed by atoms with Gasteiger partial charge in [0.05, 0.1) is 4.90 Å². The van der Waals surface area contributed by atoms with Gasteiger partial charge in [-0.1, -0.05) is 15.9 Å². The summed E-state index contributed by atoms with van der Waals surface area (Å²) in [5, 5.41) is 0. The van der Waals surface area contributed by atoms with Crippen molar-refractivity contribution in [2.24, 2.45) is 5.73 Å². The number of hydrogen-bond donors (Lipinski definition) is 2. The number of hydrogen-bond acceptors (Lipinski definition) is 3. The van der Waals surface area contributed by atoms with Crippen molar-refractivity contribution in [3.05, 3.63) is 28.2 Å². The summed E-state index contributed by atoms with van der Waals surface area (Å²) in [7, 11) is -3.41. The minimum atomic E-state index is -3.41. The molecular formula is C10H16BrClN2O2S. The van der Waals surface area contributed by atoms with Crippen LogP contribution in [0.3, 0.4) is 0 Å². The fourth-order valence-corrected chi connectivity index (χ4v) is 3.21. The summed E-state index contributed by atoms with van der Waals surface area (Å²) < 4.78 is 26.9. The average Bonchev–Trinajstić information content (AvgIpc) is 2.16. The molecule has 0 heterocycles. The Balaban J connectivity index is 0.00000256. The molecule has 17 heavy (non-hydrogen) atoms. The van der Waals surface area contributed by atoms with Gasteiger partial charge in [0.1, 0.15) is 0 Å². The smallest absolute Gasteiger partial charge is 0.240 e. The van der Waals surface area contributed by atoms with Crippen LogP contribution >= 0.6 is 28.3 Å². The monoisotopic (exact) mass is 342 g/mol. The second-order valence-corrected chi connectivity index (χ2v) is 6.19. The molecule has 3 N–H and O–H groups in total. The van der Waals surface area contributed by atoms with E-state index in [-0.39, 0.29) is 17.3 Å². The highest BCUT2D eigenvalue weighted by Crippen LogP contribution is 2.18. The van der Waals surface area contributed by atoms with Crippen molar-refractivity contribution in [1.82, 2.24) is 4.72 Å². The van der Waals surface area contributed by atoms with Crippen LogP contribution in [0.1, 0.15) is 12.0 Å². The maximum absolute atomic E-state index is 11.8. The number of halogens is 2. The summed E-state index contributed by atoms with van der Waals surface area (Å²) in [6.07, 6.45) is 0.631. The molecule has 0 aromatic heterocycles. The van der Waals surface area contributed by atoms with Crippen LogP contribution in [0.5, 0.6) is 0 Å². The van der Waals surface area contributed by atoms with E-state index in [9.17, 15) is 8.42 Å². The van der Waals surface area contributed by atoms with E-state index in [1.165, 1.54) is 0 Å². The van der Waals surface area contributed by atoms with Crippen molar-refractivity contribution in [1.29, 1.82) is 0 Å². The summed E-state index contributed by atoms with van der Waals surface area (Å²) >= 11 is 3.28. The Labute approximate surface area is 117 Å². The molecule has 0 saturated heterocycles. The van der Waals surface area contributed by atoms with Crippen molar-refractivity contribution < 1.29 is 8.42 Å². The van der Waals surface area contributed by atoms with Gasteiger partial charge in [0.2, 0.25) is 10.0 Å². The highest BCUT2D eigenvalue weighted by Gasteiger charge is 2.13. The predicted molar refractivity (Wildman–Crippen MR) is 75.0 cm³/mol. The molecule has 1 aromatic carbocycles. The second-order valence-electron chi connectivity index (χ2n) is 3.50.